The fourth-order valence-electron chi connectivity index (χ4n) is 2.73. The van der Waals surface area contributed by atoms with Crippen molar-refractivity contribution in [1.29, 1.82) is 0 Å². The molecule has 1 heterocycles. The number of likely N-dealkylation sites (tertiary alicyclic amines) is 1. The van der Waals surface area contributed by atoms with Crippen molar-refractivity contribution in [3.05, 3.63) is 0 Å². The SMILES string of the molecule is CC[C@@H](C)[C@H](NC(=O)OC)C(=O)N1CCC[C@H]1C(=O)NC(C)C. The number of nitrogens with zero attached hydrogens (tertiary/aromatic N) is 1. The maximum Gasteiger partial charge on any atom is 0.407 e. The van der Waals surface area contributed by atoms with Crippen LogP contribution >= 0.6 is 0 Å². The molecule has 7 nitrogen and oxygen atoms in total. The van der Waals surface area contributed by atoms with Gasteiger partial charge in [0.25, 0.3) is 0 Å². The first-order valence-corrected chi connectivity index (χ1v) is 8.27. The Morgan fingerprint density at radius 2 is 1.87 bits per heavy atom. The molecule has 23 heavy (non-hydrogen) atoms. The molecular weight excluding hydrogens is 298 g/mol. The van der Waals surface area contributed by atoms with E-state index in [1.54, 1.807) is 4.90 Å². The summed E-state index contributed by atoms with van der Waals surface area (Å²) in [5.74, 6) is -0.394. The van der Waals surface area contributed by atoms with Crippen LogP contribution in [0.3, 0.4) is 0 Å². The highest BCUT2D eigenvalue weighted by Crippen LogP contribution is 2.21. The summed E-state index contributed by atoms with van der Waals surface area (Å²) >= 11 is 0. The predicted octanol–water partition coefficient (Wildman–Crippen LogP) is 1.27. The molecule has 0 radical (unpaired) electrons. The molecule has 0 aromatic heterocycles. The average Bonchev–Trinajstić information content (AvgIpc) is 2.99. The molecule has 0 bridgehead atoms. The van der Waals surface area contributed by atoms with Crippen molar-refractivity contribution < 1.29 is 19.1 Å². The highest BCUT2D eigenvalue weighted by atomic mass is 16.5. The van der Waals surface area contributed by atoms with Crippen LogP contribution < -0.4 is 10.6 Å². The second kappa shape index (κ2) is 8.74. The van der Waals surface area contributed by atoms with Crippen molar-refractivity contribution in [3.63, 3.8) is 0 Å². The van der Waals surface area contributed by atoms with E-state index in [0.29, 0.717) is 13.0 Å². The highest BCUT2D eigenvalue weighted by molar-refractivity contribution is 5.92. The lowest BCUT2D eigenvalue weighted by atomic mass is 9.97. The van der Waals surface area contributed by atoms with E-state index in [0.717, 1.165) is 12.8 Å². The number of hydrogen-bond donors (Lipinski definition) is 2. The quantitative estimate of drug-likeness (QED) is 0.769. The number of amides is 3. The number of hydrogen-bond acceptors (Lipinski definition) is 4. The fourth-order valence-corrected chi connectivity index (χ4v) is 2.73. The number of ether oxygens (including phenoxy) is 1. The number of methoxy groups -OCH3 is 1. The number of rotatable bonds is 6. The molecule has 0 unspecified atom stereocenters. The molecule has 0 saturated carbocycles. The van der Waals surface area contributed by atoms with E-state index in [4.69, 9.17) is 0 Å². The molecule has 2 N–H and O–H groups in total. The zero-order valence-corrected chi connectivity index (χ0v) is 14.7. The van der Waals surface area contributed by atoms with Crippen LogP contribution in [0.4, 0.5) is 4.79 Å². The minimum atomic E-state index is -0.681. The Balaban J connectivity index is 2.88. The van der Waals surface area contributed by atoms with Gasteiger partial charge in [-0.3, -0.25) is 9.59 Å². The monoisotopic (exact) mass is 327 g/mol. The highest BCUT2D eigenvalue weighted by Gasteiger charge is 2.39. The summed E-state index contributed by atoms with van der Waals surface area (Å²) in [5, 5.41) is 5.47. The molecule has 1 rings (SSSR count). The standard InChI is InChI=1S/C16H29N3O4/c1-6-11(4)13(18-16(22)23-5)15(21)19-9-7-8-12(19)14(20)17-10(2)3/h10-13H,6-9H2,1-5H3,(H,17,20)(H,18,22)/t11-,12+,13+/m1/s1. The lowest BCUT2D eigenvalue weighted by molar-refractivity contribution is -0.141. The van der Waals surface area contributed by atoms with Crippen LogP contribution in [-0.4, -0.2) is 54.6 Å². The lowest BCUT2D eigenvalue weighted by Gasteiger charge is -2.31. The first-order valence-electron chi connectivity index (χ1n) is 8.27. The van der Waals surface area contributed by atoms with Crippen LogP contribution in [0.25, 0.3) is 0 Å². The summed E-state index contributed by atoms with van der Waals surface area (Å²) in [7, 11) is 1.27. The average molecular weight is 327 g/mol. The molecule has 0 aliphatic carbocycles. The number of nitrogens with one attached hydrogen (secondary N) is 2. The van der Waals surface area contributed by atoms with Crippen molar-refractivity contribution in [3.8, 4) is 0 Å². The van der Waals surface area contributed by atoms with Gasteiger partial charge in [-0.05, 0) is 32.6 Å². The van der Waals surface area contributed by atoms with Gasteiger partial charge in [-0.1, -0.05) is 20.3 Å². The van der Waals surface area contributed by atoms with Crippen LogP contribution in [0.15, 0.2) is 0 Å². The van der Waals surface area contributed by atoms with Crippen molar-refractivity contribution in [2.45, 2.75) is 65.1 Å². The molecule has 7 heteroatoms. The minimum Gasteiger partial charge on any atom is -0.453 e. The zero-order valence-electron chi connectivity index (χ0n) is 14.7. The minimum absolute atomic E-state index is 0.0265. The lowest BCUT2D eigenvalue weighted by Crippen LogP contribution is -2.56. The molecule has 1 aliphatic heterocycles. The molecule has 0 aromatic carbocycles. The molecule has 1 saturated heterocycles. The zero-order chi connectivity index (χ0) is 17.6. The third-order valence-corrected chi connectivity index (χ3v) is 4.21. The maximum absolute atomic E-state index is 12.9. The predicted molar refractivity (Wildman–Crippen MR) is 86.8 cm³/mol. The Morgan fingerprint density at radius 1 is 1.22 bits per heavy atom. The van der Waals surface area contributed by atoms with E-state index < -0.39 is 18.2 Å². The van der Waals surface area contributed by atoms with E-state index in [1.165, 1.54) is 7.11 Å². The molecule has 0 aromatic rings. The van der Waals surface area contributed by atoms with Gasteiger partial charge >= 0.3 is 6.09 Å². The first-order chi connectivity index (χ1) is 10.8. The van der Waals surface area contributed by atoms with Crippen LogP contribution in [0.2, 0.25) is 0 Å². The topological polar surface area (TPSA) is 87.7 Å². The first kappa shape index (κ1) is 19.3. The van der Waals surface area contributed by atoms with E-state index in [9.17, 15) is 14.4 Å². The number of carbonyl (C=O) groups is 3. The van der Waals surface area contributed by atoms with Gasteiger partial charge in [0.05, 0.1) is 7.11 Å². The van der Waals surface area contributed by atoms with E-state index in [1.807, 2.05) is 27.7 Å². The van der Waals surface area contributed by atoms with Gasteiger partial charge in [-0.2, -0.15) is 0 Å². The van der Waals surface area contributed by atoms with E-state index in [2.05, 4.69) is 15.4 Å². The van der Waals surface area contributed by atoms with E-state index >= 15 is 0 Å². The summed E-state index contributed by atoms with van der Waals surface area (Å²) in [6, 6.07) is -1.12. The van der Waals surface area contributed by atoms with Gasteiger partial charge in [0.2, 0.25) is 11.8 Å². The maximum atomic E-state index is 12.9. The normalized spacial score (nSPS) is 20.1. The smallest absolute Gasteiger partial charge is 0.407 e. The third-order valence-electron chi connectivity index (χ3n) is 4.21. The molecule has 3 atom stereocenters. The van der Waals surface area contributed by atoms with Crippen molar-refractivity contribution in [1.82, 2.24) is 15.5 Å². The Kier molecular flexibility index (Phi) is 7.32. The molecule has 1 fully saturated rings. The van der Waals surface area contributed by atoms with E-state index in [-0.39, 0.29) is 23.8 Å². The third kappa shape index (κ3) is 5.11. The molecule has 1 aliphatic rings. The van der Waals surface area contributed by atoms with Gasteiger partial charge in [0.15, 0.2) is 0 Å². The van der Waals surface area contributed by atoms with Gasteiger partial charge in [0, 0.05) is 12.6 Å². The summed E-state index contributed by atoms with van der Waals surface area (Å²) in [6.07, 6.45) is 1.53. The Labute approximate surface area is 138 Å². The van der Waals surface area contributed by atoms with Crippen LogP contribution in [0.1, 0.15) is 47.0 Å². The number of alkyl carbamates (subject to hydrolysis) is 1. The number of carbonyl (C=O) groups excluding carboxylic acids is 3. The van der Waals surface area contributed by atoms with Gasteiger partial charge < -0.3 is 20.3 Å². The summed E-state index contributed by atoms with van der Waals surface area (Å²) in [6.45, 7) is 8.17. The molecule has 132 valence electrons. The Morgan fingerprint density at radius 3 is 2.39 bits per heavy atom. The van der Waals surface area contributed by atoms with Crippen LogP contribution in [0, 0.1) is 5.92 Å². The fraction of sp³-hybridized carbons (Fsp3) is 0.812. The second-order valence-electron chi connectivity index (χ2n) is 6.35. The summed E-state index contributed by atoms with van der Waals surface area (Å²) < 4.78 is 4.62. The molecular formula is C16H29N3O4. The van der Waals surface area contributed by atoms with Gasteiger partial charge in [-0.15, -0.1) is 0 Å². The van der Waals surface area contributed by atoms with Crippen LogP contribution in [0.5, 0.6) is 0 Å². The van der Waals surface area contributed by atoms with Gasteiger partial charge in [0.1, 0.15) is 12.1 Å². The van der Waals surface area contributed by atoms with Crippen LogP contribution in [-0.2, 0) is 14.3 Å². The largest absolute Gasteiger partial charge is 0.453 e. The Bertz CT molecular complexity index is 439. The second-order valence-corrected chi connectivity index (χ2v) is 6.35. The van der Waals surface area contributed by atoms with Crippen molar-refractivity contribution >= 4 is 17.9 Å². The van der Waals surface area contributed by atoms with Gasteiger partial charge in [-0.25, -0.2) is 4.79 Å². The Hall–Kier alpha value is -1.79. The summed E-state index contributed by atoms with van der Waals surface area (Å²) in [4.78, 5) is 38.3. The van der Waals surface area contributed by atoms with Crippen molar-refractivity contribution in [2.24, 2.45) is 5.92 Å². The van der Waals surface area contributed by atoms with Crippen molar-refractivity contribution in [2.75, 3.05) is 13.7 Å². The molecule has 3 amide bonds. The molecule has 0 spiro atoms. The summed E-state index contributed by atoms with van der Waals surface area (Å²) in [5.41, 5.74) is 0.